The SMILES string of the molecule is c1csc(C2CCCN(CC3CCNCC3)C2)n1. The molecule has 3 heterocycles. The highest BCUT2D eigenvalue weighted by Crippen LogP contribution is 2.29. The highest BCUT2D eigenvalue weighted by atomic mass is 32.1. The van der Waals surface area contributed by atoms with E-state index in [4.69, 9.17) is 0 Å². The number of nitrogens with one attached hydrogen (secondary N) is 1. The monoisotopic (exact) mass is 265 g/mol. The van der Waals surface area contributed by atoms with E-state index in [-0.39, 0.29) is 0 Å². The lowest BCUT2D eigenvalue weighted by molar-refractivity contribution is 0.163. The Morgan fingerprint density at radius 1 is 1.33 bits per heavy atom. The molecular weight excluding hydrogens is 242 g/mol. The van der Waals surface area contributed by atoms with E-state index in [2.05, 4.69) is 20.6 Å². The first-order chi connectivity index (χ1) is 8.92. The molecule has 0 amide bonds. The molecule has 1 atom stereocenters. The van der Waals surface area contributed by atoms with Crippen molar-refractivity contribution in [3.05, 3.63) is 16.6 Å². The summed E-state index contributed by atoms with van der Waals surface area (Å²) in [7, 11) is 0. The summed E-state index contributed by atoms with van der Waals surface area (Å²) in [6.07, 6.45) is 7.34. The van der Waals surface area contributed by atoms with Crippen molar-refractivity contribution in [1.29, 1.82) is 0 Å². The summed E-state index contributed by atoms with van der Waals surface area (Å²) in [5, 5.41) is 6.92. The van der Waals surface area contributed by atoms with Crippen molar-refractivity contribution < 1.29 is 0 Å². The molecule has 1 aromatic rings. The average Bonchev–Trinajstić information content (AvgIpc) is 2.94. The van der Waals surface area contributed by atoms with Crippen molar-refractivity contribution in [3.63, 3.8) is 0 Å². The minimum Gasteiger partial charge on any atom is -0.317 e. The van der Waals surface area contributed by atoms with E-state index in [0.29, 0.717) is 5.92 Å². The predicted octanol–water partition coefficient (Wildman–Crippen LogP) is 2.32. The molecule has 0 radical (unpaired) electrons. The minimum atomic E-state index is 0.695. The molecule has 0 aliphatic carbocycles. The molecule has 0 aromatic carbocycles. The highest BCUT2D eigenvalue weighted by molar-refractivity contribution is 7.09. The van der Waals surface area contributed by atoms with Crippen LogP contribution in [-0.4, -0.2) is 42.6 Å². The first kappa shape index (κ1) is 12.6. The van der Waals surface area contributed by atoms with Crippen LogP contribution in [-0.2, 0) is 0 Å². The normalized spacial score (nSPS) is 27.4. The van der Waals surface area contributed by atoms with Gasteiger partial charge in [0.2, 0.25) is 0 Å². The third-order valence-electron chi connectivity index (χ3n) is 4.28. The minimum absolute atomic E-state index is 0.695. The van der Waals surface area contributed by atoms with Gasteiger partial charge < -0.3 is 10.2 Å². The van der Waals surface area contributed by atoms with Gasteiger partial charge in [-0.2, -0.15) is 0 Å². The topological polar surface area (TPSA) is 28.2 Å². The second-order valence-corrected chi connectivity index (χ2v) is 6.59. The Labute approximate surface area is 114 Å². The highest BCUT2D eigenvalue weighted by Gasteiger charge is 2.25. The van der Waals surface area contributed by atoms with Gasteiger partial charge in [0.05, 0.1) is 5.01 Å². The van der Waals surface area contributed by atoms with Crippen molar-refractivity contribution in [1.82, 2.24) is 15.2 Å². The van der Waals surface area contributed by atoms with Crippen LogP contribution < -0.4 is 5.32 Å². The molecule has 2 saturated heterocycles. The van der Waals surface area contributed by atoms with Crippen LogP contribution >= 0.6 is 11.3 Å². The van der Waals surface area contributed by atoms with Crippen LogP contribution in [0.2, 0.25) is 0 Å². The number of hydrogen-bond acceptors (Lipinski definition) is 4. The Morgan fingerprint density at radius 3 is 3.00 bits per heavy atom. The van der Waals surface area contributed by atoms with Crippen LogP contribution in [0.1, 0.15) is 36.6 Å². The van der Waals surface area contributed by atoms with Gasteiger partial charge in [0.25, 0.3) is 0 Å². The first-order valence-corrected chi connectivity index (χ1v) is 8.12. The Hall–Kier alpha value is -0.450. The van der Waals surface area contributed by atoms with E-state index >= 15 is 0 Å². The van der Waals surface area contributed by atoms with Gasteiger partial charge in [-0.05, 0) is 51.2 Å². The molecule has 100 valence electrons. The lowest BCUT2D eigenvalue weighted by Crippen LogP contribution is -2.40. The van der Waals surface area contributed by atoms with Gasteiger partial charge in [-0.15, -0.1) is 11.3 Å². The van der Waals surface area contributed by atoms with Crippen molar-refractivity contribution >= 4 is 11.3 Å². The van der Waals surface area contributed by atoms with Crippen LogP contribution in [0.15, 0.2) is 11.6 Å². The zero-order chi connectivity index (χ0) is 12.2. The Morgan fingerprint density at radius 2 is 2.22 bits per heavy atom. The number of aromatic nitrogens is 1. The van der Waals surface area contributed by atoms with Gasteiger partial charge in [0.1, 0.15) is 0 Å². The first-order valence-electron chi connectivity index (χ1n) is 7.24. The third-order valence-corrected chi connectivity index (χ3v) is 5.22. The molecule has 1 unspecified atom stereocenters. The summed E-state index contributed by atoms with van der Waals surface area (Å²) in [5.74, 6) is 1.61. The second kappa shape index (κ2) is 6.13. The zero-order valence-corrected chi connectivity index (χ0v) is 11.8. The predicted molar refractivity (Wildman–Crippen MR) is 76.1 cm³/mol. The fourth-order valence-electron chi connectivity index (χ4n) is 3.29. The van der Waals surface area contributed by atoms with Gasteiger partial charge in [-0.3, -0.25) is 0 Å². The van der Waals surface area contributed by atoms with E-state index in [9.17, 15) is 0 Å². The molecule has 1 N–H and O–H groups in total. The summed E-state index contributed by atoms with van der Waals surface area (Å²) in [5.41, 5.74) is 0. The summed E-state index contributed by atoms with van der Waals surface area (Å²) in [4.78, 5) is 7.19. The van der Waals surface area contributed by atoms with Crippen molar-refractivity contribution in [3.8, 4) is 0 Å². The Kier molecular flexibility index (Phi) is 4.28. The summed E-state index contributed by atoms with van der Waals surface area (Å²) in [6, 6.07) is 0. The van der Waals surface area contributed by atoms with E-state index in [0.717, 1.165) is 5.92 Å². The van der Waals surface area contributed by atoms with Gasteiger partial charge in [0, 0.05) is 30.6 Å². The summed E-state index contributed by atoms with van der Waals surface area (Å²) >= 11 is 1.83. The second-order valence-electron chi connectivity index (χ2n) is 5.66. The number of hydrogen-bond donors (Lipinski definition) is 1. The zero-order valence-electron chi connectivity index (χ0n) is 11.0. The van der Waals surface area contributed by atoms with Crippen LogP contribution in [0, 0.1) is 5.92 Å². The fraction of sp³-hybridized carbons (Fsp3) is 0.786. The fourth-order valence-corrected chi connectivity index (χ4v) is 4.06. The maximum Gasteiger partial charge on any atom is 0.0968 e. The quantitative estimate of drug-likeness (QED) is 0.909. The molecule has 18 heavy (non-hydrogen) atoms. The lowest BCUT2D eigenvalue weighted by Gasteiger charge is -2.35. The van der Waals surface area contributed by atoms with Crippen LogP contribution in [0.3, 0.4) is 0 Å². The van der Waals surface area contributed by atoms with Gasteiger partial charge in [-0.25, -0.2) is 4.98 Å². The van der Waals surface area contributed by atoms with Gasteiger partial charge >= 0.3 is 0 Å². The molecule has 2 aliphatic heterocycles. The summed E-state index contributed by atoms with van der Waals surface area (Å²) in [6.45, 7) is 6.27. The smallest absolute Gasteiger partial charge is 0.0968 e. The molecule has 2 fully saturated rings. The van der Waals surface area contributed by atoms with E-state index in [1.807, 2.05) is 17.5 Å². The van der Waals surface area contributed by atoms with Crippen molar-refractivity contribution in [2.45, 2.75) is 31.6 Å². The van der Waals surface area contributed by atoms with E-state index in [1.165, 1.54) is 63.4 Å². The van der Waals surface area contributed by atoms with E-state index in [1.54, 1.807) is 0 Å². The molecular formula is C14H23N3S. The van der Waals surface area contributed by atoms with Gasteiger partial charge in [0.15, 0.2) is 0 Å². The number of rotatable bonds is 3. The maximum atomic E-state index is 4.50. The molecule has 0 bridgehead atoms. The molecule has 2 aliphatic rings. The standard InChI is InChI=1S/C14H23N3S/c1-2-13(14-16-7-9-18-14)11-17(8-1)10-12-3-5-15-6-4-12/h7,9,12-13,15H,1-6,8,10-11H2. The van der Waals surface area contributed by atoms with Crippen LogP contribution in [0.25, 0.3) is 0 Å². The largest absolute Gasteiger partial charge is 0.317 e. The molecule has 4 heteroatoms. The maximum absolute atomic E-state index is 4.50. The molecule has 1 aromatic heterocycles. The molecule has 3 rings (SSSR count). The Bertz CT molecular complexity index is 346. The molecule has 3 nitrogen and oxygen atoms in total. The van der Waals surface area contributed by atoms with Crippen LogP contribution in [0.5, 0.6) is 0 Å². The lowest BCUT2D eigenvalue weighted by atomic mass is 9.94. The van der Waals surface area contributed by atoms with Crippen molar-refractivity contribution in [2.24, 2.45) is 5.92 Å². The average molecular weight is 265 g/mol. The third kappa shape index (κ3) is 3.11. The molecule has 0 saturated carbocycles. The molecule has 0 spiro atoms. The number of thiazole rings is 1. The Balaban J connectivity index is 1.53. The van der Waals surface area contributed by atoms with Crippen molar-refractivity contribution in [2.75, 3.05) is 32.7 Å². The number of likely N-dealkylation sites (tertiary alicyclic amines) is 1. The summed E-state index contributed by atoms with van der Waals surface area (Å²) < 4.78 is 0. The van der Waals surface area contributed by atoms with E-state index < -0.39 is 0 Å². The van der Waals surface area contributed by atoms with Crippen LogP contribution in [0.4, 0.5) is 0 Å². The number of nitrogens with zero attached hydrogens (tertiary/aromatic N) is 2. The van der Waals surface area contributed by atoms with Gasteiger partial charge in [-0.1, -0.05) is 0 Å². The number of piperidine rings is 2.